The molecule has 3 aliphatic heterocycles. The van der Waals surface area contributed by atoms with Crippen LogP contribution in [0.1, 0.15) is 33.6 Å². The van der Waals surface area contributed by atoms with E-state index in [1.807, 2.05) is 0 Å². The molecule has 0 aliphatic carbocycles. The lowest BCUT2D eigenvalue weighted by atomic mass is 9.94. The van der Waals surface area contributed by atoms with Gasteiger partial charge >= 0.3 is 0 Å². The van der Waals surface area contributed by atoms with Gasteiger partial charge in [-0.15, -0.1) is 0 Å². The van der Waals surface area contributed by atoms with Gasteiger partial charge in [-0.2, -0.15) is 0 Å². The zero-order chi connectivity index (χ0) is 10.2. The van der Waals surface area contributed by atoms with Crippen molar-refractivity contribution in [1.29, 1.82) is 0 Å². The van der Waals surface area contributed by atoms with Crippen molar-refractivity contribution >= 4 is 0 Å². The lowest BCUT2D eigenvalue weighted by Gasteiger charge is -2.35. The molecule has 0 aromatic heterocycles. The normalized spacial score (nSPS) is 34.5. The van der Waals surface area contributed by atoms with E-state index in [4.69, 9.17) is 0 Å². The van der Waals surface area contributed by atoms with Crippen LogP contribution in [0.15, 0.2) is 0 Å². The molecule has 3 saturated heterocycles. The summed E-state index contributed by atoms with van der Waals surface area (Å²) in [5, 5.41) is 0. The standard InChI is InChI=1S/C12H24N2/c1-12(2,3)10-14-9-8-13-6-4-11(14)5-7-13/h11H,4-10H2,1-3H3. The molecule has 2 bridgehead atoms. The van der Waals surface area contributed by atoms with Gasteiger partial charge in [0.15, 0.2) is 0 Å². The summed E-state index contributed by atoms with van der Waals surface area (Å²) in [6.45, 7) is 13.6. The maximum Gasteiger partial charge on any atom is 0.0120 e. The Morgan fingerprint density at radius 3 is 2.21 bits per heavy atom. The molecule has 3 aliphatic rings. The highest BCUT2D eigenvalue weighted by atomic mass is 15.3. The smallest absolute Gasteiger partial charge is 0.0120 e. The summed E-state index contributed by atoms with van der Waals surface area (Å²) in [6, 6.07) is 0.882. The van der Waals surface area contributed by atoms with E-state index >= 15 is 0 Å². The van der Waals surface area contributed by atoms with Crippen molar-refractivity contribution in [2.24, 2.45) is 5.41 Å². The predicted molar refractivity (Wildman–Crippen MR) is 60.5 cm³/mol. The third-order valence-electron chi connectivity index (χ3n) is 3.45. The highest BCUT2D eigenvalue weighted by Gasteiger charge is 2.30. The van der Waals surface area contributed by atoms with Crippen molar-refractivity contribution < 1.29 is 0 Å². The fourth-order valence-corrected chi connectivity index (χ4v) is 2.78. The second-order valence-electron chi connectivity index (χ2n) is 6.10. The summed E-state index contributed by atoms with van der Waals surface area (Å²) in [6.07, 6.45) is 2.80. The van der Waals surface area contributed by atoms with Gasteiger partial charge in [0, 0.05) is 25.7 Å². The Labute approximate surface area is 88.3 Å². The van der Waals surface area contributed by atoms with Crippen LogP contribution in [-0.2, 0) is 0 Å². The molecule has 14 heavy (non-hydrogen) atoms. The third kappa shape index (κ3) is 2.48. The van der Waals surface area contributed by atoms with Crippen molar-refractivity contribution in [3.63, 3.8) is 0 Å². The number of nitrogens with zero attached hydrogens (tertiary/aromatic N) is 2. The van der Waals surface area contributed by atoms with Gasteiger partial charge in [-0.3, -0.25) is 4.90 Å². The summed E-state index contributed by atoms with van der Waals surface area (Å²) in [5.41, 5.74) is 0.456. The van der Waals surface area contributed by atoms with E-state index in [1.54, 1.807) is 0 Å². The van der Waals surface area contributed by atoms with Gasteiger partial charge in [0.25, 0.3) is 0 Å². The fourth-order valence-electron chi connectivity index (χ4n) is 2.78. The average Bonchev–Trinajstić information content (AvgIpc) is 2.37. The van der Waals surface area contributed by atoms with Gasteiger partial charge in [0.2, 0.25) is 0 Å². The molecule has 2 nitrogen and oxygen atoms in total. The highest BCUT2D eigenvalue weighted by molar-refractivity contribution is 4.86. The van der Waals surface area contributed by atoms with E-state index in [2.05, 4.69) is 30.6 Å². The van der Waals surface area contributed by atoms with E-state index in [0.717, 1.165) is 6.04 Å². The highest BCUT2D eigenvalue weighted by Crippen LogP contribution is 2.24. The molecule has 0 unspecified atom stereocenters. The average molecular weight is 196 g/mol. The van der Waals surface area contributed by atoms with Gasteiger partial charge < -0.3 is 4.90 Å². The Morgan fingerprint density at radius 1 is 1.00 bits per heavy atom. The predicted octanol–water partition coefficient (Wildman–Crippen LogP) is 1.81. The lowest BCUT2D eigenvalue weighted by Crippen LogP contribution is -2.41. The molecule has 0 atom stereocenters. The summed E-state index contributed by atoms with van der Waals surface area (Å²) >= 11 is 0. The van der Waals surface area contributed by atoms with Crippen molar-refractivity contribution in [1.82, 2.24) is 9.80 Å². The van der Waals surface area contributed by atoms with Gasteiger partial charge in [0.05, 0.1) is 0 Å². The molecule has 3 rings (SSSR count). The summed E-state index contributed by atoms with van der Waals surface area (Å²) < 4.78 is 0. The van der Waals surface area contributed by atoms with E-state index in [9.17, 15) is 0 Å². The van der Waals surface area contributed by atoms with Crippen LogP contribution in [0.25, 0.3) is 0 Å². The van der Waals surface area contributed by atoms with Gasteiger partial charge in [-0.05, 0) is 31.3 Å². The van der Waals surface area contributed by atoms with E-state index in [-0.39, 0.29) is 0 Å². The summed E-state index contributed by atoms with van der Waals surface area (Å²) in [7, 11) is 0. The van der Waals surface area contributed by atoms with Crippen LogP contribution in [0.3, 0.4) is 0 Å². The van der Waals surface area contributed by atoms with Gasteiger partial charge in [0.1, 0.15) is 0 Å². The number of fused-ring (bicyclic) bond motifs is 4. The van der Waals surface area contributed by atoms with Crippen LogP contribution in [0.2, 0.25) is 0 Å². The Kier molecular flexibility index (Phi) is 2.85. The molecule has 3 fully saturated rings. The van der Waals surface area contributed by atoms with Crippen molar-refractivity contribution in [3.8, 4) is 0 Å². The van der Waals surface area contributed by atoms with Crippen LogP contribution >= 0.6 is 0 Å². The second kappa shape index (κ2) is 3.82. The SMILES string of the molecule is CC(C)(C)CN1CCN2CCC1CC2. The minimum absolute atomic E-state index is 0.456. The minimum atomic E-state index is 0.456. The molecule has 2 heteroatoms. The number of rotatable bonds is 1. The van der Waals surface area contributed by atoms with E-state index < -0.39 is 0 Å². The molecular weight excluding hydrogens is 172 g/mol. The molecule has 0 N–H and O–H groups in total. The van der Waals surface area contributed by atoms with E-state index in [0.29, 0.717) is 5.41 Å². The number of hydrogen-bond donors (Lipinski definition) is 0. The maximum absolute atomic E-state index is 2.73. The van der Waals surface area contributed by atoms with Crippen molar-refractivity contribution in [2.45, 2.75) is 39.7 Å². The van der Waals surface area contributed by atoms with Crippen LogP contribution in [-0.4, -0.2) is 48.6 Å². The van der Waals surface area contributed by atoms with Crippen molar-refractivity contribution in [3.05, 3.63) is 0 Å². The summed E-state index contributed by atoms with van der Waals surface area (Å²) in [4.78, 5) is 5.35. The Balaban J connectivity index is 1.97. The number of piperidine rings is 1. The van der Waals surface area contributed by atoms with Crippen molar-refractivity contribution in [2.75, 3.05) is 32.7 Å². The van der Waals surface area contributed by atoms with Crippen LogP contribution in [0.5, 0.6) is 0 Å². The Morgan fingerprint density at radius 2 is 1.64 bits per heavy atom. The second-order valence-corrected chi connectivity index (χ2v) is 6.10. The molecule has 0 saturated carbocycles. The molecule has 0 aromatic carbocycles. The third-order valence-corrected chi connectivity index (χ3v) is 3.45. The van der Waals surface area contributed by atoms with Crippen LogP contribution < -0.4 is 0 Å². The largest absolute Gasteiger partial charge is 0.302 e. The zero-order valence-electron chi connectivity index (χ0n) is 9.92. The first-order valence-electron chi connectivity index (χ1n) is 6.01. The first-order chi connectivity index (χ1) is 6.54. The topological polar surface area (TPSA) is 6.48 Å². The zero-order valence-corrected chi connectivity index (χ0v) is 9.92. The molecule has 0 radical (unpaired) electrons. The van der Waals surface area contributed by atoms with E-state index in [1.165, 1.54) is 45.6 Å². The number of hydrogen-bond acceptors (Lipinski definition) is 2. The molecule has 0 spiro atoms. The van der Waals surface area contributed by atoms with Crippen LogP contribution in [0, 0.1) is 5.41 Å². The minimum Gasteiger partial charge on any atom is -0.302 e. The first-order valence-corrected chi connectivity index (χ1v) is 6.01. The monoisotopic (exact) mass is 196 g/mol. The maximum atomic E-state index is 2.73. The fraction of sp³-hybridized carbons (Fsp3) is 1.00. The molecule has 82 valence electrons. The molecule has 0 aromatic rings. The Hall–Kier alpha value is -0.0800. The molecular formula is C12H24N2. The van der Waals surface area contributed by atoms with Gasteiger partial charge in [-0.1, -0.05) is 20.8 Å². The summed E-state index contributed by atoms with van der Waals surface area (Å²) in [5.74, 6) is 0. The van der Waals surface area contributed by atoms with Crippen LogP contribution in [0.4, 0.5) is 0 Å². The quantitative estimate of drug-likeness (QED) is 0.631. The lowest BCUT2D eigenvalue weighted by molar-refractivity contribution is 0.136. The Bertz CT molecular complexity index is 187. The molecule has 3 heterocycles. The molecule has 0 amide bonds. The first kappa shape index (κ1) is 10.4. The van der Waals surface area contributed by atoms with Gasteiger partial charge in [-0.25, -0.2) is 0 Å².